The standard InChI is InChI=1S/C21H25.C5H5.C3H4.2ClH.Hf/c1-20(2,3)16-9-7-14-11-15-8-10-17(21(4,5)6)13-19(15)18(14)12-16;1-2-4-5-3-1;1-2-3-1;;;/h7-13H,1-6H3;1-3H,4H2;1-2H2;2*1H;/q2*-1;;;;+2/p-2. The summed E-state index contributed by atoms with van der Waals surface area (Å²) in [4.78, 5) is 0. The zero-order chi connectivity index (χ0) is 21.9. The normalized spacial score (nSPS) is 14.2. The van der Waals surface area contributed by atoms with Crippen molar-refractivity contribution in [1.82, 2.24) is 0 Å². The van der Waals surface area contributed by atoms with Crippen molar-refractivity contribution < 1.29 is 48.7 Å². The molecule has 3 aromatic rings. The molecular formula is C29H34Cl2Hf-2. The van der Waals surface area contributed by atoms with Gasteiger partial charge in [0.1, 0.15) is 0 Å². The van der Waals surface area contributed by atoms with Crippen LogP contribution in [0.25, 0.3) is 21.5 Å². The molecule has 1 fully saturated rings. The molecular weight excluding hydrogens is 598 g/mol. The fourth-order valence-corrected chi connectivity index (χ4v) is 3.78. The van der Waals surface area contributed by atoms with Crippen LogP contribution in [-0.4, -0.2) is 3.26 Å². The van der Waals surface area contributed by atoms with Crippen LogP contribution in [0.4, 0.5) is 0 Å². The number of halogens is 2. The Morgan fingerprint density at radius 3 is 1.47 bits per heavy atom. The van der Waals surface area contributed by atoms with Crippen LogP contribution < -0.4 is 24.8 Å². The van der Waals surface area contributed by atoms with E-state index in [-0.39, 0.29) is 35.6 Å². The second-order valence-corrected chi connectivity index (χ2v) is 12.9. The molecule has 0 unspecified atom stereocenters. The first-order valence-corrected chi connectivity index (χ1v) is 12.8. The number of benzene rings is 2. The Morgan fingerprint density at radius 1 is 0.781 bits per heavy atom. The summed E-state index contributed by atoms with van der Waals surface area (Å²) in [6.45, 7) is 13.7. The quantitative estimate of drug-likeness (QED) is 0.264. The zero-order valence-corrected chi connectivity index (χ0v) is 25.3. The molecule has 0 spiro atoms. The number of allylic oxidation sites excluding steroid dienone is 4. The third-order valence-corrected chi connectivity index (χ3v) is 7.32. The SMILES string of the molecule is CC(C)(C)c1ccc2[cH-]c3ccc(C(C)(C)C)cc3c2c1.[C-]1=CC=CC1.[Cl-].[Cl-].[Hf+2]=[C]1CC1. The van der Waals surface area contributed by atoms with Crippen LogP contribution in [0, 0.1) is 6.08 Å². The molecule has 0 aliphatic heterocycles. The summed E-state index contributed by atoms with van der Waals surface area (Å²) in [5.74, 6) is 0. The van der Waals surface area contributed by atoms with Crippen LogP contribution in [-0.2, 0) is 34.7 Å². The molecule has 3 aromatic carbocycles. The van der Waals surface area contributed by atoms with Gasteiger partial charge in [0.15, 0.2) is 0 Å². The first kappa shape index (κ1) is 29.1. The van der Waals surface area contributed by atoms with Crippen LogP contribution in [0.1, 0.15) is 71.9 Å². The Balaban J connectivity index is 0.000000387. The summed E-state index contributed by atoms with van der Waals surface area (Å²) in [5.41, 5.74) is 3.20. The molecule has 0 amide bonds. The van der Waals surface area contributed by atoms with Crippen molar-refractivity contribution >= 4 is 24.8 Å². The molecule has 3 heteroatoms. The van der Waals surface area contributed by atoms with Crippen molar-refractivity contribution in [3.05, 3.63) is 77.9 Å². The van der Waals surface area contributed by atoms with E-state index in [0.29, 0.717) is 0 Å². The molecule has 5 rings (SSSR count). The number of hydrogen-bond donors (Lipinski definition) is 0. The van der Waals surface area contributed by atoms with Gasteiger partial charge < -0.3 is 24.8 Å². The summed E-state index contributed by atoms with van der Waals surface area (Å²) in [5, 5.41) is 5.49. The molecule has 1 saturated carbocycles. The van der Waals surface area contributed by atoms with Gasteiger partial charge in [-0.1, -0.05) is 76.9 Å². The Bertz CT molecular complexity index is 1020. The van der Waals surface area contributed by atoms with Gasteiger partial charge in [-0.2, -0.15) is 6.08 Å². The Kier molecular flexibility index (Phi) is 10.9. The third kappa shape index (κ3) is 8.15. The van der Waals surface area contributed by atoms with E-state index in [2.05, 4.69) is 96.2 Å². The molecule has 0 saturated heterocycles. The van der Waals surface area contributed by atoms with Crippen molar-refractivity contribution in [2.24, 2.45) is 0 Å². The summed E-state index contributed by atoms with van der Waals surface area (Å²) < 4.78 is 1.81. The Hall–Kier alpha value is -0.890. The van der Waals surface area contributed by atoms with Gasteiger partial charge in [0, 0.05) is 0 Å². The molecule has 0 N–H and O–H groups in total. The fraction of sp³-hybridized carbons (Fsp3) is 0.379. The van der Waals surface area contributed by atoms with Crippen molar-refractivity contribution in [3.63, 3.8) is 0 Å². The van der Waals surface area contributed by atoms with Gasteiger partial charge in [0.05, 0.1) is 0 Å². The second-order valence-electron chi connectivity index (χ2n) is 10.4. The van der Waals surface area contributed by atoms with Crippen LogP contribution in [0.2, 0.25) is 0 Å². The summed E-state index contributed by atoms with van der Waals surface area (Å²) in [6.07, 6.45) is 12.9. The average molecular weight is 632 g/mol. The van der Waals surface area contributed by atoms with E-state index >= 15 is 0 Å². The van der Waals surface area contributed by atoms with Crippen LogP contribution >= 0.6 is 0 Å². The number of hydrogen-bond acceptors (Lipinski definition) is 0. The number of fused-ring (bicyclic) bond motifs is 3. The molecule has 2 aliphatic rings. The molecule has 170 valence electrons. The van der Waals surface area contributed by atoms with Crippen LogP contribution in [0.15, 0.2) is 60.7 Å². The maximum absolute atomic E-state index is 2.99. The Labute approximate surface area is 221 Å². The van der Waals surface area contributed by atoms with E-state index < -0.39 is 0 Å². The molecule has 0 aromatic heterocycles. The predicted molar refractivity (Wildman–Crippen MR) is 130 cm³/mol. The summed E-state index contributed by atoms with van der Waals surface area (Å²) in [7, 11) is 0. The predicted octanol–water partition coefficient (Wildman–Crippen LogP) is 2.12. The monoisotopic (exact) mass is 632 g/mol. The maximum atomic E-state index is 2.99. The minimum atomic E-state index is 0. The molecule has 32 heavy (non-hydrogen) atoms. The third-order valence-electron chi connectivity index (χ3n) is 5.53. The van der Waals surface area contributed by atoms with Gasteiger partial charge in [0.25, 0.3) is 0 Å². The second kappa shape index (κ2) is 12.0. The fourth-order valence-electron chi connectivity index (χ4n) is 3.33. The zero-order valence-electron chi connectivity index (χ0n) is 20.2. The molecule has 2 aliphatic carbocycles. The van der Waals surface area contributed by atoms with Gasteiger partial charge in [0.2, 0.25) is 0 Å². The van der Waals surface area contributed by atoms with Gasteiger partial charge >= 0.3 is 40.0 Å². The van der Waals surface area contributed by atoms with E-state index in [1.54, 1.807) is 3.26 Å². The van der Waals surface area contributed by atoms with Gasteiger partial charge in [-0.15, -0.1) is 46.2 Å². The molecule has 0 atom stereocenters. The number of rotatable bonds is 0. The van der Waals surface area contributed by atoms with Crippen molar-refractivity contribution in [2.75, 3.05) is 0 Å². The summed E-state index contributed by atoms with van der Waals surface area (Å²) >= 11 is 1.38. The molecule has 0 heterocycles. The minimum absolute atomic E-state index is 0. The Morgan fingerprint density at radius 2 is 1.22 bits per heavy atom. The molecule has 0 radical (unpaired) electrons. The van der Waals surface area contributed by atoms with E-state index in [0.717, 1.165) is 6.42 Å². The van der Waals surface area contributed by atoms with Crippen molar-refractivity contribution in [1.29, 1.82) is 0 Å². The van der Waals surface area contributed by atoms with E-state index in [1.807, 2.05) is 12.2 Å². The van der Waals surface area contributed by atoms with E-state index in [9.17, 15) is 0 Å². The molecule has 0 nitrogen and oxygen atoms in total. The van der Waals surface area contributed by atoms with Crippen molar-refractivity contribution in [2.45, 2.75) is 71.6 Å². The van der Waals surface area contributed by atoms with Crippen LogP contribution in [0.3, 0.4) is 0 Å². The average Bonchev–Trinajstić information content (AvgIpc) is 3.15. The summed E-state index contributed by atoms with van der Waals surface area (Å²) in [6, 6.07) is 16.1. The van der Waals surface area contributed by atoms with E-state index in [4.69, 9.17) is 0 Å². The molecule has 0 bridgehead atoms. The van der Waals surface area contributed by atoms with Gasteiger partial charge in [-0.3, -0.25) is 6.08 Å². The topological polar surface area (TPSA) is 0 Å². The first-order chi connectivity index (χ1) is 14.1. The van der Waals surface area contributed by atoms with E-state index in [1.165, 1.54) is 69.4 Å². The van der Waals surface area contributed by atoms with Gasteiger partial charge in [-0.05, 0) is 10.8 Å². The first-order valence-electron chi connectivity index (χ1n) is 11.0. The van der Waals surface area contributed by atoms with Crippen LogP contribution in [0.5, 0.6) is 0 Å². The van der Waals surface area contributed by atoms with Crippen molar-refractivity contribution in [3.8, 4) is 0 Å². The van der Waals surface area contributed by atoms with Gasteiger partial charge in [-0.25, -0.2) is 12.2 Å².